The van der Waals surface area contributed by atoms with Crippen LogP contribution in [-0.4, -0.2) is 15.6 Å². The molecule has 0 atom stereocenters. The highest BCUT2D eigenvalue weighted by molar-refractivity contribution is 5.97. The lowest BCUT2D eigenvalue weighted by molar-refractivity contribution is 0.0986. The highest BCUT2D eigenvalue weighted by Crippen LogP contribution is 2.13. The largest absolute Gasteiger partial charge is 0.294 e. The van der Waals surface area contributed by atoms with Crippen molar-refractivity contribution >= 4 is 5.78 Å². The first-order valence-corrected chi connectivity index (χ1v) is 6.49. The Morgan fingerprint density at radius 2 is 2.05 bits per heavy atom. The van der Waals surface area contributed by atoms with Gasteiger partial charge in [0.25, 0.3) is 0 Å². The van der Waals surface area contributed by atoms with Crippen molar-refractivity contribution in [1.82, 2.24) is 9.78 Å². The number of hydrogen-bond donors (Lipinski definition) is 0. The second kappa shape index (κ2) is 5.78. The van der Waals surface area contributed by atoms with Crippen LogP contribution in [0.4, 0.5) is 4.39 Å². The molecule has 0 aliphatic rings. The van der Waals surface area contributed by atoms with Crippen LogP contribution < -0.4 is 0 Å². The van der Waals surface area contributed by atoms with Gasteiger partial charge in [-0.1, -0.05) is 19.1 Å². The van der Waals surface area contributed by atoms with E-state index in [1.165, 1.54) is 12.1 Å². The summed E-state index contributed by atoms with van der Waals surface area (Å²) >= 11 is 0. The third-order valence-electron chi connectivity index (χ3n) is 3.09. The zero-order valence-corrected chi connectivity index (χ0v) is 11.2. The molecule has 0 saturated heterocycles. The Balaban J connectivity index is 2.24. The standard InChI is InChI=1S/C15H17FN2O/c1-3-11-9-12(18(4-2)17-11)10-15(19)13-7-5-6-8-14(13)16/h5-9H,3-4,10H2,1-2H3. The molecule has 2 aromatic rings. The maximum Gasteiger partial charge on any atom is 0.171 e. The number of rotatable bonds is 5. The van der Waals surface area contributed by atoms with Crippen LogP contribution in [0.15, 0.2) is 30.3 Å². The number of aryl methyl sites for hydroxylation is 2. The Hall–Kier alpha value is -1.97. The fourth-order valence-electron chi connectivity index (χ4n) is 2.05. The van der Waals surface area contributed by atoms with Crippen LogP contribution in [0, 0.1) is 5.82 Å². The monoisotopic (exact) mass is 260 g/mol. The quantitative estimate of drug-likeness (QED) is 0.774. The third-order valence-corrected chi connectivity index (χ3v) is 3.09. The van der Waals surface area contributed by atoms with Gasteiger partial charge in [0.1, 0.15) is 5.82 Å². The molecule has 0 amide bonds. The van der Waals surface area contributed by atoms with E-state index in [9.17, 15) is 9.18 Å². The van der Waals surface area contributed by atoms with E-state index >= 15 is 0 Å². The molecule has 0 N–H and O–H groups in total. The maximum atomic E-state index is 13.6. The van der Waals surface area contributed by atoms with Crippen LogP contribution in [0.2, 0.25) is 0 Å². The van der Waals surface area contributed by atoms with Crippen molar-refractivity contribution in [2.24, 2.45) is 0 Å². The van der Waals surface area contributed by atoms with E-state index in [0.29, 0.717) is 6.54 Å². The molecule has 0 aliphatic heterocycles. The number of halogens is 1. The Labute approximate surface area is 112 Å². The number of aromatic nitrogens is 2. The van der Waals surface area contributed by atoms with E-state index in [0.717, 1.165) is 17.8 Å². The summed E-state index contributed by atoms with van der Waals surface area (Å²) in [5.74, 6) is -0.680. The van der Waals surface area contributed by atoms with E-state index in [1.54, 1.807) is 16.8 Å². The number of hydrogen-bond acceptors (Lipinski definition) is 2. The van der Waals surface area contributed by atoms with Crippen LogP contribution in [-0.2, 0) is 19.4 Å². The van der Waals surface area contributed by atoms with Crippen molar-refractivity contribution in [3.8, 4) is 0 Å². The fraction of sp³-hybridized carbons (Fsp3) is 0.333. The summed E-state index contributed by atoms with van der Waals surface area (Å²) in [4.78, 5) is 12.1. The van der Waals surface area contributed by atoms with Crippen LogP contribution in [0.1, 0.15) is 35.6 Å². The lowest BCUT2D eigenvalue weighted by Gasteiger charge is -2.04. The summed E-state index contributed by atoms with van der Waals surface area (Å²) in [5.41, 5.74) is 1.94. The van der Waals surface area contributed by atoms with Gasteiger partial charge in [0, 0.05) is 12.2 Å². The van der Waals surface area contributed by atoms with Gasteiger partial charge in [0.2, 0.25) is 0 Å². The lowest BCUT2D eigenvalue weighted by Crippen LogP contribution is -2.11. The predicted molar refractivity (Wildman–Crippen MR) is 71.7 cm³/mol. The first-order valence-electron chi connectivity index (χ1n) is 6.49. The highest BCUT2D eigenvalue weighted by atomic mass is 19.1. The van der Waals surface area contributed by atoms with Crippen LogP contribution in [0.25, 0.3) is 0 Å². The first kappa shape index (κ1) is 13.5. The molecule has 0 radical (unpaired) electrons. The molecule has 100 valence electrons. The Morgan fingerprint density at radius 1 is 1.32 bits per heavy atom. The minimum atomic E-state index is -0.467. The first-order chi connectivity index (χ1) is 9.15. The summed E-state index contributed by atoms with van der Waals surface area (Å²) in [6, 6.07) is 8.00. The Kier molecular flexibility index (Phi) is 4.10. The molecule has 1 heterocycles. The molecular formula is C15H17FN2O. The molecule has 2 rings (SSSR count). The number of ketones is 1. The van der Waals surface area contributed by atoms with E-state index in [-0.39, 0.29) is 17.8 Å². The van der Waals surface area contributed by atoms with Crippen LogP contribution in [0.3, 0.4) is 0 Å². The number of carbonyl (C=O) groups excluding carboxylic acids is 1. The SMILES string of the molecule is CCc1cc(CC(=O)c2ccccc2F)n(CC)n1. The predicted octanol–water partition coefficient (Wildman–Crippen LogP) is 3.03. The molecule has 0 fully saturated rings. The third kappa shape index (κ3) is 2.89. The number of Topliss-reactive ketones (excluding diaryl/α,β-unsaturated/α-hetero) is 1. The maximum absolute atomic E-state index is 13.6. The number of carbonyl (C=O) groups is 1. The average Bonchev–Trinajstić information content (AvgIpc) is 2.81. The average molecular weight is 260 g/mol. The molecule has 0 bridgehead atoms. The van der Waals surface area contributed by atoms with Gasteiger partial charge in [-0.05, 0) is 31.5 Å². The fourth-order valence-corrected chi connectivity index (χ4v) is 2.05. The lowest BCUT2D eigenvalue weighted by atomic mass is 10.1. The molecule has 0 saturated carbocycles. The van der Waals surface area contributed by atoms with Gasteiger partial charge in [-0.3, -0.25) is 9.48 Å². The zero-order chi connectivity index (χ0) is 13.8. The van der Waals surface area contributed by atoms with Gasteiger partial charge in [0.05, 0.1) is 17.7 Å². The van der Waals surface area contributed by atoms with Gasteiger partial charge in [0.15, 0.2) is 5.78 Å². The van der Waals surface area contributed by atoms with Crippen LogP contribution >= 0.6 is 0 Å². The molecule has 0 spiro atoms. The van der Waals surface area contributed by atoms with Crippen molar-refractivity contribution in [2.45, 2.75) is 33.2 Å². The molecule has 4 heteroatoms. The van der Waals surface area contributed by atoms with Crippen LogP contribution in [0.5, 0.6) is 0 Å². The molecule has 3 nitrogen and oxygen atoms in total. The van der Waals surface area contributed by atoms with Gasteiger partial charge in [-0.2, -0.15) is 5.10 Å². The van der Waals surface area contributed by atoms with Gasteiger partial charge >= 0.3 is 0 Å². The minimum Gasteiger partial charge on any atom is -0.294 e. The molecular weight excluding hydrogens is 243 g/mol. The van der Waals surface area contributed by atoms with E-state index in [4.69, 9.17) is 0 Å². The second-order valence-corrected chi connectivity index (χ2v) is 4.38. The molecule has 0 aliphatic carbocycles. The number of nitrogens with zero attached hydrogens (tertiary/aromatic N) is 2. The van der Waals surface area contributed by atoms with Gasteiger partial charge < -0.3 is 0 Å². The molecule has 1 aromatic heterocycles. The van der Waals surface area contributed by atoms with Crippen molar-refractivity contribution in [3.63, 3.8) is 0 Å². The molecule has 1 aromatic carbocycles. The van der Waals surface area contributed by atoms with Crippen molar-refractivity contribution in [3.05, 3.63) is 53.1 Å². The summed E-state index contributed by atoms with van der Waals surface area (Å²) < 4.78 is 15.4. The van der Waals surface area contributed by atoms with Crippen molar-refractivity contribution in [2.75, 3.05) is 0 Å². The zero-order valence-electron chi connectivity index (χ0n) is 11.2. The second-order valence-electron chi connectivity index (χ2n) is 4.38. The van der Waals surface area contributed by atoms with E-state index in [1.807, 2.05) is 19.9 Å². The minimum absolute atomic E-state index is 0.143. The van der Waals surface area contributed by atoms with Crippen molar-refractivity contribution < 1.29 is 9.18 Å². The normalized spacial score (nSPS) is 10.7. The molecule has 19 heavy (non-hydrogen) atoms. The number of benzene rings is 1. The molecule has 0 unspecified atom stereocenters. The summed E-state index contributed by atoms with van der Waals surface area (Å²) in [7, 11) is 0. The summed E-state index contributed by atoms with van der Waals surface area (Å²) in [6.07, 6.45) is 1.01. The highest BCUT2D eigenvalue weighted by Gasteiger charge is 2.15. The van der Waals surface area contributed by atoms with Gasteiger partial charge in [-0.25, -0.2) is 4.39 Å². The van der Waals surface area contributed by atoms with E-state index in [2.05, 4.69) is 5.10 Å². The van der Waals surface area contributed by atoms with Crippen molar-refractivity contribution in [1.29, 1.82) is 0 Å². The van der Waals surface area contributed by atoms with Gasteiger partial charge in [-0.15, -0.1) is 0 Å². The Bertz CT molecular complexity index is 590. The summed E-state index contributed by atoms with van der Waals surface area (Å²) in [5, 5.41) is 4.39. The van der Waals surface area contributed by atoms with E-state index < -0.39 is 5.82 Å². The topological polar surface area (TPSA) is 34.9 Å². The Morgan fingerprint density at radius 3 is 2.68 bits per heavy atom. The smallest absolute Gasteiger partial charge is 0.171 e. The summed E-state index contributed by atoms with van der Waals surface area (Å²) in [6.45, 7) is 4.70.